The number of carbonyl (C=O) groups is 1. The van der Waals surface area contributed by atoms with Gasteiger partial charge in [-0.2, -0.15) is 0 Å². The van der Waals surface area contributed by atoms with Crippen LogP contribution in [0.4, 0.5) is 10.2 Å². The summed E-state index contributed by atoms with van der Waals surface area (Å²) in [4.78, 5) is 26.2. The lowest BCUT2D eigenvalue weighted by Crippen LogP contribution is -2.48. The highest BCUT2D eigenvalue weighted by atomic mass is 19.1. The number of nitrogens with zero attached hydrogens (tertiary/aromatic N) is 4. The summed E-state index contributed by atoms with van der Waals surface area (Å²) in [5.41, 5.74) is 2.76. The number of anilines is 1. The molecule has 2 aromatic carbocycles. The molecule has 1 aromatic heterocycles. The molecule has 5 nitrogen and oxygen atoms in total. The smallest absolute Gasteiger partial charge is 0.228 e. The molecule has 166 valence electrons. The molecule has 0 aliphatic carbocycles. The topological polar surface area (TPSA) is 49.3 Å². The number of piperidine rings is 1. The second kappa shape index (κ2) is 10.0. The number of aromatic nitrogens is 2. The van der Waals surface area contributed by atoms with Crippen molar-refractivity contribution in [3.8, 4) is 11.3 Å². The first kappa shape index (κ1) is 22.1. The van der Waals surface area contributed by atoms with E-state index in [2.05, 4.69) is 46.1 Å². The average molecular weight is 433 g/mol. The van der Waals surface area contributed by atoms with Crippen LogP contribution >= 0.6 is 0 Å². The van der Waals surface area contributed by atoms with Gasteiger partial charge >= 0.3 is 0 Å². The normalized spacial score (nSPS) is 16.0. The summed E-state index contributed by atoms with van der Waals surface area (Å²) >= 11 is 0. The van der Waals surface area contributed by atoms with Crippen LogP contribution in [0.25, 0.3) is 11.3 Å². The predicted molar refractivity (Wildman–Crippen MR) is 125 cm³/mol. The number of likely N-dealkylation sites (tertiary alicyclic amines) is 1. The van der Waals surface area contributed by atoms with Gasteiger partial charge in [0.2, 0.25) is 5.91 Å². The molecule has 0 saturated carbocycles. The molecule has 4 rings (SSSR count). The van der Waals surface area contributed by atoms with E-state index in [1.807, 2.05) is 17.9 Å². The third-order valence-electron chi connectivity index (χ3n) is 6.29. The number of hydrogen-bond acceptors (Lipinski definition) is 4. The van der Waals surface area contributed by atoms with E-state index in [0.29, 0.717) is 24.0 Å². The van der Waals surface area contributed by atoms with E-state index in [-0.39, 0.29) is 17.8 Å². The van der Waals surface area contributed by atoms with Gasteiger partial charge in [-0.15, -0.1) is 0 Å². The number of halogens is 1. The van der Waals surface area contributed by atoms with Gasteiger partial charge in [-0.3, -0.25) is 19.6 Å². The van der Waals surface area contributed by atoms with Crippen LogP contribution in [0.5, 0.6) is 0 Å². The second-order valence-corrected chi connectivity index (χ2v) is 8.24. The standard InChI is InChI=1S/C26H29FN4O/c1-3-26(32)31(25-18-28-24(17-29-25)21-9-11-22(27)12-10-21)23-13-15-30(16-14-23)19(2)20-7-5-4-6-8-20/h4-12,17-19,23H,3,13-16H2,1-2H3. The van der Waals surface area contributed by atoms with Crippen LogP contribution in [0.1, 0.15) is 44.7 Å². The van der Waals surface area contributed by atoms with Gasteiger partial charge in [0.1, 0.15) is 5.82 Å². The monoisotopic (exact) mass is 432 g/mol. The van der Waals surface area contributed by atoms with Crippen LogP contribution in [0.15, 0.2) is 67.0 Å². The van der Waals surface area contributed by atoms with E-state index in [1.165, 1.54) is 17.7 Å². The Bertz CT molecular complexity index is 1020. The molecule has 1 atom stereocenters. The second-order valence-electron chi connectivity index (χ2n) is 8.24. The summed E-state index contributed by atoms with van der Waals surface area (Å²) in [5.74, 6) is 0.353. The van der Waals surface area contributed by atoms with E-state index in [0.717, 1.165) is 31.5 Å². The van der Waals surface area contributed by atoms with Crippen molar-refractivity contribution in [2.45, 2.75) is 45.2 Å². The highest BCUT2D eigenvalue weighted by Crippen LogP contribution is 2.28. The molecule has 1 fully saturated rings. The van der Waals surface area contributed by atoms with Crippen molar-refractivity contribution in [1.82, 2.24) is 14.9 Å². The quantitative estimate of drug-likeness (QED) is 0.534. The van der Waals surface area contributed by atoms with Gasteiger partial charge in [0, 0.05) is 37.2 Å². The molecule has 0 spiro atoms. The molecular formula is C26H29FN4O. The summed E-state index contributed by atoms with van der Waals surface area (Å²) in [6.07, 6.45) is 5.52. The first-order chi connectivity index (χ1) is 15.6. The third-order valence-corrected chi connectivity index (χ3v) is 6.29. The summed E-state index contributed by atoms with van der Waals surface area (Å²) in [6.45, 7) is 5.97. The Morgan fingerprint density at radius 2 is 1.75 bits per heavy atom. The Hall–Kier alpha value is -3.12. The number of hydrogen-bond donors (Lipinski definition) is 0. The molecule has 2 heterocycles. The van der Waals surface area contributed by atoms with Crippen molar-refractivity contribution < 1.29 is 9.18 Å². The van der Waals surface area contributed by atoms with Gasteiger partial charge < -0.3 is 0 Å². The van der Waals surface area contributed by atoms with Gasteiger partial charge in [0.15, 0.2) is 5.82 Å². The zero-order valence-corrected chi connectivity index (χ0v) is 18.6. The molecule has 1 aliphatic rings. The minimum Gasteiger partial charge on any atom is -0.296 e. The van der Waals surface area contributed by atoms with Crippen molar-refractivity contribution >= 4 is 11.7 Å². The average Bonchev–Trinajstić information content (AvgIpc) is 2.85. The molecule has 1 amide bonds. The zero-order valence-electron chi connectivity index (χ0n) is 18.6. The number of amides is 1. The maximum Gasteiger partial charge on any atom is 0.228 e. The molecule has 3 aromatic rings. The lowest BCUT2D eigenvalue weighted by atomic mass is 9.98. The predicted octanol–water partition coefficient (Wildman–Crippen LogP) is 5.25. The molecule has 0 bridgehead atoms. The molecule has 1 unspecified atom stereocenters. The lowest BCUT2D eigenvalue weighted by Gasteiger charge is -2.40. The van der Waals surface area contributed by atoms with E-state index < -0.39 is 0 Å². The molecule has 0 N–H and O–H groups in total. The summed E-state index contributed by atoms with van der Waals surface area (Å²) in [5, 5.41) is 0. The zero-order chi connectivity index (χ0) is 22.5. The van der Waals surface area contributed by atoms with E-state index in [1.54, 1.807) is 24.5 Å². The van der Waals surface area contributed by atoms with Crippen molar-refractivity contribution in [2.24, 2.45) is 0 Å². The van der Waals surface area contributed by atoms with Crippen molar-refractivity contribution in [2.75, 3.05) is 18.0 Å². The van der Waals surface area contributed by atoms with Crippen molar-refractivity contribution in [3.05, 3.63) is 78.4 Å². The maximum absolute atomic E-state index is 13.2. The Labute approximate surface area is 188 Å². The molecule has 1 aliphatic heterocycles. The van der Waals surface area contributed by atoms with E-state index >= 15 is 0 Å². The van der Waals surface area contributed by atoms with Crippen LogP contribution in [0.3, 0.4) is 0 Å². The molecule has 32 heavy (non-hydrogen) atoms. The molecule has 1 saturated heterocycles. The number of benzene rings is 2. The number of rotatable bonds is 6. The van der Waals surface area contributed by atoms with Crippen molar-refractivity contribution in [1.29, 1.82) is 0 Å². The fraction of sp³-hybridized carbons (Fsp3) is 0.346. The molecule has 6 heteroatoms. The first-order valence-corrected chi connectivity index (χ1v) is 11.3. The minimum absolute atomic E-state index is 0.0587. The number of carbonyl (C=O) groups excluding carboxylic acids is 1. The summed E-state index contributed by atoms with van der Waals surface area (Å²) in [7, 11) is 0. The van der Waals surface area contributed by atoms with Crippen LogP contribution in [0, 0.1) is 5.82 Å². The SMILES string of the molecule is CCC(=O)N(c1cnc(-c2ccc(F)cc2)cn1)C1CCN(C(C)c2ccccc2)CC1. The van der Waals surface area contributed by atoms with Gasteiger partial charge in [0.05, 0.1) is 18.1 Å². The van der Waals surface area contributed by atoms with E-state index in [9.17, 15) is 9.18 Å². The largest absolute Gasteiger partial charge is 0.296 e. The van der Waals surface area contributed by atoms with Crippen LogP contribution in [-0.4, -0.2) is 39.9 Å². The van der Waals surface area contributed by atoms with Gasteiger partial charge in [-0.1, -0.05) is 37.3 Å². The maximum atomic E-state index is 13.2. The Morgan fingerprint density at radius 1 is 1.06 bits per heavy atom. The lowest BCUT2D eigenvalue weighted by molar-refractivity contribution is -0.119. The first-order valence-electron chi connectivity index (χ1n) is 11.3. The Morgan fingerprint density at radius 3 is 2.34 bits per heavy atom. The fourth-order valence-electron chi connectivity index (χ4n) is 4.38. The van der Waals surface area contributed by atoms with Crippen LogP contribution in [0.2, 0.25) is 0 Å². The van der Waals surface area contributed by atoms with Gasteiger partial charge in [0.25, 0.3) is 0 Å². The van der Waals surface area contributed by atoms with Crippen LogP contribution in [-0.2, 0) is 4.79 Å². The third kappa shape index (κ3) is 4.86. The summed E-state index contributed by atoms with van der Waals surface area (Å²) < 4.78 is 13.2. The van der Waals surface area contributed by atoms with Crippen LogP contribution < -0.4 is 4.90 Å². The molecular weight excluding hydrogens is 403 g/mol. The minimum atomic E-state index is -0.286. The Kier molecular flexibility index (Phi) is 6.90. The Balaban J connectivity index is 1.47. The highest BCUT2D eigenvalue weighted by Gasteiger charge is 2.31. The molecule has 0 radical (unpaired) electrons. The van der Waals surface area contributed by atoms with Crippen molar-refractivity contribution in [3.63, 3.8) is 0 Å². The van der Waals surface area contributed by atoms with Gasteiger partial charge in [-0.05, 0) is 49.6 Å². The fourth-order valence-corrected chi connectivity index (χ4v) is 4.38. The summed E-state index contributed by atoms with van der Waals surface area (Å²) in [6, 6.07) is 17.2. The highest BCUT2D eigenvalue weighted by molar-refractivity contribution is 5.92. The van der Waals surface area contributed by atoms with Gasteiger partial charge in [-0.25, -0.2) is 9.37 Å². The van der Waals surface area contributed by atoms with E-state index in [4.69, 9.17) is 0 Å².